The molecule has 3 aromatic rings. The monoisotopic (exact) mass is 434 g/mol. The van der Waals surface area contributed by atoms with Crippen LogP contribution in [0.25, 0.3) is 11.1 Å². The first-order valence-corrected chi connectivity index (χ1v) is 10.3. The van der Waals surface area contributed by atoms with Crippen LogP contribution in [0.15, 0.2) is 60.7 Å². The van der Waals surface area contributed by atoms with Gasteiger partial charge in [-0.2, -0.15) is 0 Å². The summed E-state index contributed by atoms with van der Waals surface area (Å²) >= 11 is 0. The number of carbonyl (C=O) groups is 2. The minimum absolute atomic E-state index is 0. The van der Waals surface area contributed by atoms with Crippen molar-refractivity contribution in [1.82, 2.24) is 5.32 Å². The number of rotatable bonds is 5. The van der Waals surface area contributed by atoms with Gasteiger partial charge in [0.25, 0.3) is 5.91 Å². The van der Waals surface area contributed by atoms with E-state index in [4.69, 9.17) is 9.47 Å². The van der Waals surface area contributed by atoms with Gasteiger partial charge in [-0.15, -0.1) is 0 Å². The summed E-state index contributed by atoms with van der Waals surface area (Å²) in [6.45, 7) is 0.181. The fraction of sp³-hybridized carbons (Fsp3) is 0.200. The van der Waals surface area contributed by atoms with E-state index in [1.165, 1.54) is 6.07 Å². The molecule has 0 atom stereocenters. The summed E-state index contributed by atoms with van der Waals surface area (Å²) in [6.07, 6.45) is 1.46. The lowest BCUT2D eigenvalue weighted by Gasteiger charge is -2.17. The topological polar surface area (TPSA) is 76.7 Å². The van der Waals surface area contributed by atoms with Gasteiger partial charge in [-0.25, -0.2) is 4.39 Å². The summed E-state index contributed by atoms with van der Waals surface area (Å²) in [6, 6.07) is 16.7. The van der Waals surface area contributed by atoms with Gasteiger partial charge in [0.2, 0.25) is 12.7 Å². The Balaban J connectivity index is 0.00000259. The maximum Gasteiger partial charge on any atom is 0.251 e. The fourth-order valence-electron chi connectivity index (χ4n) is 3.99. The van der Waals surface area contributed by atoms with E-state index < -0.39 is 11.2 Å². The van der Waals surface area contributed by atoms with Crippen LogP contribution >= 0.6 is 0 Å². The van der Waals surface area contributed by atoms with Gasteiger partial charge in [0.05, 0.1) is 5.41 Å². The molecule has 32 heavy (non-hydrogen) atoms. The summed E-state index contributed by atoms with van der Waals surface area (Å²) < 4.78 is 25.3. The van der Waals surface area contributed by atoms with Gasteiger partial charge in [-0.1, -0.05) is 18.2 Å². The van der Waals surface area contributed by atoms with E-state index in [0.29, 0.717) is 33.9 Å². The Morgan fingerprint density at radius 3 is 2.44 bits per heavy atom. The standard InChI is InChI=1S/C25H21FN2O4.H2/c1-27-23(29)16-4-2-15(3-5-16)19-13-18(7-8-20(19)26)28-24(30)25(10-11-25)17-6-9-21-22(12-17)32-14-31-21;/h2-9,12-13H,10-11,14H2,1H3,(H,27,29)(H,28,30);1H. The largest absolute Gasteiger partial charge is 0.454 e. The number of benzene rings is 3. The van der Waals surface area contributed by atoms with Gasteiger partial charge in [0.15, 0.2) is 11.5 Å². The van der Waals surface area contributed by atoms with E-state index >= 15 is 0 Å². The SMILES string of the molecule is CNC(=O)c1ccc(-c2cc(NC(=O)C3(c4ccc5c(c4)OCO5)CC3)ccc2F)cc1.[HH]. The van der Waals surface area contributed by atoms with Crippen molar-refractivity contribution >= 4 is 17.5 Å². The molecule has 0 aromatic heterocycles. The molecule has 6 nitrogen and oxygen atoms in total. The summed E-state index contributed by atoms with van der Waals surface area (Å²) in [5.74, 6) is 0.564. The molecule has 1 aliphatic carbocycles. The van der Waals surface area contributed by atoms with E-state index in [1.807, 2.05) is 18.2 Å². The molecule has 7 heteroatoms. The molecule has 0 unspecified atom stereocenters. The van der Waals surface area contributed by atoms with E-state index in [0.717, 1.165) is 18.4 Å². The highest BCUT2D eigenvalue weighted by Crippen LogP contribution is 2.51. The first kappa shape index (κ1) is 20.1. The molecule has 0 bridgehead atoms. The van der Waals surface area contributed by atoms with E-state index in [2.05, 4.69) is 10.6 Å². The number of halogens is 1. The van der Waals surface area contributed by atoms with Crippen LogP contribution in [0.5, 0.6) is 11.5 Å². The molecule has 2 aliphatic rings. The highest BCUT2D eigenvalue weighted by atomic mass is 19.1. The summed E-state index contributed by atoms with van der Waals surface area (Å²) in [4.78, 5) is 24.9. The molecule has 1 heterocycles. The maximum atomic E-state index is 14.5. The van der Waals surface area contributed by atoms with Gasteiger partial charge >= 0.3 is 0 Å². The zero-order valence-corrected chi connectivity index (χ0v) is 17.4. The van der Waals surface area contributed by atoms with Crippen molar-refractivity contribution in [3.63, 3.8) is 0 Å². The van der Waals surface area contributed by atoms with Crippen LogP contribution < -0.4 is 20.1 Å². The number of hydrogen-bond donors (Lipinski definition) is 2. The van der Waals surface area contributed by atoms with Crippen LogP contribution in [0.3, 0.4) is 0 Å². The third-order valence-electron chi connectivity index (χ3n) is 6.02. The molecular weight excluding hydrogens is 411 g/mol. The van der Waals surface area contributed by atoms with E-state index in [1.54, 1.807) is 43.4 Å². The van der Waals surface area contributed by atoms with Crippen LogP contribution in [-0.2, 0) is 10.2 Å². The number of carbonyl (C=O) groups excluding carboxylic acids is 2. The predicted octanol–water partition coefficient (Wildman–Crippen LogP) is 4.50. The van der Waals surface area contributed by atoms with Gasteiger partial charge in [-0.3, -0.25) is 9.59 Å². The van der Waals surface area contributed by atoms with Crippen molar-refractivity contribution in [2.24, 2.45) is 0 Å². The Morgan fingerprint density at radius 1 is 0.969 bits per heavy atom. The van der Waals surface area contributed by atoms with Crippen LogP contribution in [0.2, 0.25) is 0 Å². The van der Waals surface area contributed by atoms with E-state index in [9.17, 15) is 14.0 Å². The van der Waals surface area contributed by atoms with Crippen LogP contribution in [-0.4, -0.2) is 25.7 Å². The normalized spacial score (nSPS) is 15.2. The highest BCUT2D eigenvalue weighted by Gasteiger charge is 2.51. The fourth-order valence-corrected chi connectivity index (χ4v) is 3.99. The van der Waals surface area contributed by atoms with Crippen molar-refractivity contribution in [3.05, 3.63) is 77.6 Å². The lowest BCUT2D eigenvalue weighted by Crippen LogP contribution is -2.27. The van der Waals surface area contributed by atoms with Gasteiger partial charge in [0.1, 0.15) is 5.82 Å². The number of anilines is 1. The number of nitrogens with one attached hydrogen (secondary N) is 2. The summed E-state index contributed by atoms with van der Waals surface area (Å²) in [5, 5.41) is 5.50. The molecule has 1 aliphatic heterocycles. The van der Waals surface area contributed by atoms with Crippen molar-refractivity contribution in [2.45, 2.75) is 18.3 Å². The zero-order valence-electron chi connectivity index (χ0n) is 17.4. The molecule has 5 rings (SSSR count). The van der Waals surface area contributed by atoms with Gasteiger partial charge in [0, 0.05) is 25.3 Å². The van der Waals surface area contributed by atoms with Crippen molar-refractivity contribution in [1.29, 1.82) is 0 Å². The van der Waals surface area contributed by atoms with Crippen molar-refractivity contribution in [3.8, 4) is 22.6 Å². The minimum Gasteiger partial charge on any atom is -0.454 e. The Bertz CT molecular complexity index is 1230. The Labute approximate surface area is 185 Å². The third kappa shape index (κ3) is 3.45. The molecule has 0 radical (unpaired) electrons. The first-order valence-electron chi connectivity index (χ1n) is 10.3. The Morgan fingerprint density at radius 2 is 1.72 bits per heavy atom. The first-order chi connectivity index (χ1) is 15.5. The lowest BCUT2D eigenvalue weighted by atomic mass is 9.94. The lowest BCUT2D eigenvalue weighted by molar-refractivity contribution is -0.118. The zero-order chi connectivity index (χ0) is 22.3. The molecule has 3 aromatic carbocycles. The highest BCUT2D eigenvalue weighted by molar-refractivity contribution is 6.02. The van der Waals surface area contributed by atoms with E-state index in [-0.39, 0.29) is 20.0 Å². The van der Waals surface area contributed by atoms with Gasteiger partial charge in [-0.05, 0) is 66.4 Å². The predicted molar refractivity (Wildman–Crippen MR) is 119 cm³/mol. The average molecular weight is 434 g/mol. The third-order valence-corrected chi connectivity index (χ3v) is 6.02. The Hall–Kier alpha value is -3.87. The molecule has 1 saturated carbocycles. The second-order valence-corrected chi connectivity index (χ2v) is 7.96. The molecule has 0 saturated heterocycles. The molecular formula is C25H23FN2O4. The number of amides is 2. The van der Waals surface area contributed by atoms with Crippen molar-refractivity contribution < 1.29 is 24.9 Å². The second-order valence-electron chi connectivity index (χ2n) is 7.96. The number of fused-ring (bicyclic) bond motifs is 1. The summed E-state index contributed by atoms with van der Waals surface area (Å²) in [7, 11) is 1.55. The number of ether oxygens (including phenoxy) is 2. The minimum atomic E-state index is -0.620. The molecule has 1 fully saturated rings. The maximum absolute atomic E-state index is 14.5. The summed E-state index contributed by atoms with van der Waals surface area (Å²) in [5.41, 5.74) is 2.22. The van der Waals surface area contributed by atoms with Crippen LogP contribution in [0.1, 0.15) is 30.2 Å². The average Bonchev–Trinajstić information content (AvgIpc) is 3.50. The second kappa shape index (κ2) is 7.67. The molecule has 2 amide bonds. The van der Waals surface area contributed by atoms with Gasteiger partial charge < -0.3 is 20.1 Å². The Kier molecular flexibility index (Phi) is 4.81. The molecule has 2 N–H and O–H groups in total. The molecule has 0 spiro atoms. The van der Waals surface area contributed by atoms with Crippen LogP contribution in [0, 0.1) is 5.82 Å². The molecule has 164 valence electrons. The van der Waals surface area contributed by atoms with Crippen LogP contribution in [0.4, 0.5) is 10.1 Å². The quantitative estimate of drug-likeness (QED) is 0.620. The van der Waals surface area contributed by atoms with Crippen molar-refractivity contribution in [2.75, 3.05) is 19.2 Å². The number of hydrogen-bond acceptors (Lipinski definition) is 4. The smallest absolute Gasteiger partial charge is 0.251 e.